The molecule has 0 spiro atoms. The largest absolute Gasteiger partial charge is 0.493 e. The number of nitrogen functional groups attached to an aromatic ring is 1. The predicted octanol–water partition coefficient (Wildman–Crippen LogP) is 5.27. The van der Waals surface area contributed by atoms with Crippen LogP contribution in [-0.2, 0) is 0 Å². The zero-order valence-electron chi connectivity index (χ0n) is 18.3. The van der Waals surface area contributed by atoms with Crippen LogP contribution in [0.5, 0.6) is 17.2 Å². The summed E-state index contributed by atoms with van der Waals surface area (Å²) < 4.78 is 16.2. The van der Waals surface area contributed by atoms with Crippen molar-refractivity contribution in [3.8, 4) is 17.2 Å². The molecule has 3 N–H and O–H groups in total. The molecule has 32 heavy (non-hydrogen) atoms. The number of carbonyl (C=O) groups is 1. The lowest BCUT2D eigenvalue weighted by Crippen LogP contribution is -2.01. The van der Waals surface area contributed by atoms with Crippen molar-refractivity contribution in [1.29, 1.82) is 0 Å². The standard InChI is InChI=1S/C26H26N2O4/c1-30-24-16-19(17-25(31-2)26(24)32-3)12-11-18-7-6-8-20(15-18)28-14-13-23(29)21-9-4-5-10-22(21)27/h4-17,28H,27H2,1-3H3/b12-11-,14-13-. The highest BCUT2D eigenvalue weighted by Gasteiger charge is 2.12. The number of anilines is 2. The number of allylic oxidation sites excluding steroid dienone is 1. The third kappa shape index (κ3) is 5.49. The van der Waals surface area contributed by atoms with Gasteiger partial charge in [0.05, 0.1) is 21.3 Å². The topological polar surface area (TPSA) is 82.8 Å². The van der Waals surface area contributed by atoms with E-state index >= 15 is 0 Å². The molecule has 3 aromatic rings. The summed E-state index contributed by atoms with van der Waals surface area (Å²) in [5, 5.41) is 3.12. The van der Waals surface area contributed by atoms with Crippen LogP contribution in [0, 0.1) is 0 Å². The van der Waals surface area contributed by atoms with Crippen molar-refractivity contribution in [1.82, 2.24) is 0 Å². The molecule has 0 aromatic heterocycles. The number of ether oxygens (including phenoxy) is 3. The molecule has 0 saturated heterocycles. The Bertz CT molecular complexity index is 1130. The first-order valence-electron chi connectivity index (χ1n) is 9.95. The molecule has 0 saturated carbocycles. The van der Waals surface area contributed by atoms with Crippen molar-refractivity contribution in [3.05, 3.63) is 89.6 Å². The van der Waals surface area contributed by atoms with E-state index in [0.717, 1.165) is 16.8 Å². The van der Waals surface area contributed by atoms with Crippen LogP contribution >= 0.6 is 0 Å². The van der Waals surface area contributed by atoms with Gasteiger partial charge in [-0.15, -0.1) is 0 Å². The maximum Gasteiger partial charge on any atom is 0.203 e. The van der Waals surface area contributed by atoms with Gasteiger partial charge in [-0.05, 0) is 47.5 Å². The Morgan fingerprint density at radius 2 is 1.53 bits per heavy atom. The first-order valence-corrected chi connectivity index (χ1v) is 9.95. The molecule has 0 radical (unpaired) electrons. The van der Waals surface area contributed by atoms with Crippen LogP contribution < -0.4 is 25.3 Å². The number of hydrogen-bond acceptors (Lipinski definition) is 6. The van der Waals surface area contributed by atoms with E-state index < -0.39 is 0 Å². The molecule has 0 aliphatic heterocycles. The zero-order chi connectivity index (χ0) is 22.9. The zero-order valence-corrected chi connectivity index (χ0v) is 18.3. The van der Waals surface area contributed by atoms with Crippen molar-refractivity contribution in [2.45, 2.75) is 0 Å². The van der Waals surface area contributed by atoms with E-state index in [2.05, 4.69) is 5.32 Å². The Morgan fingerprint density at radius 3 is 2.19 bits per heavy atom. The summed E-state index contributed by atoms with van der Waals surface area (Å²) in [5.41, 5.74) is 9.53. The lowest BCUT2D eigenvalue weighted by Gasteiger charge is -2.12. The van der Waals surface area contributed by atoms with Crippen LogP contribution in [0.4, 0.5) is 11.4 Å². The predicted molar refractivity (Wildman–Crippen MR) is 129 cm³/mol. The molecule has 3 rings (SSSR count). The quantitative estimate of drug-likeness (QED) is 0.208. The van der Waals surface area contributed by atoms with E-state index in [1.165, 1.54) is 6.08 Å². The van der Waals surface area contributed by atoms with E-state index in [0.29, 0.717) is 28.5 Å². The molecule has 0 bridgehead atoms. The summed E-state index contributed by atoms with van der Waals surface area (Å²) in [6.07, 6.45) is 7.01. The van der Waals surface area contributed by atoms with Gasteiger partial charge in [0.15, 0.2) is 17.3 Å². The SMILES string of the molecule is COc1cc(/C=C\c2cccc(N/C=C\C(=O)c3ccccc3N)c2)cc(OC)c1OC. The Kier molecular flexibility index (Phi) is 7.54. The van der Waals surface area contributed by atoms with Crippen molar-refractivity contribution in [2.24, 2.45) is 0 Å². The number of benzene rings is 3. The summed E-state index contributed by atoms with van der Waals surface area (Å²) in [7, 11) is 4.75. The monoisotopic (exact) mass is 430 g/mol. The molecule has 0 aliphatic rings. The van der Waals surface area contributed by atoms with Crippen molar-refractivity contribution in [2.75, 3.05) is 32.4 Å². The third-order valence-corrected chi connectivity index (χ3v) is 4.75. The number of ketones is 1. The van der Waals surface area contributed by atoms with Gasteiger partial charge in [0.1, 0.15) is 0 Å². The van der Waals surface area contributed by atoms with E-state index in [-0.39, 0.29) is 5.78 Å². The second kappa shape index (κ2) is 10.7. The molecule has 6 nitrogen and oxygen atoms in total. The number of para-hydroxylation sites is 1. The van der Waals surface area contributed by atoms with Gasteiger partial charge < -0.3 is 25.3 Å². The minimum absolute atomic E-state index is 0.158. The maximum absolute atomic E-state index is 12.3. The normalized spacial score (nSPS) is 11.0. The van der Waals surface area contributed by atoms with Gasteiger partial charge in [0, 0.05) is 29.2 Å². The Hall–Kier alpha value is -4.19. The molecule has 6 heteroatoms. The highest BCUT2D eigenvalue weighted by Crippen LogP contribution is 2.38. The van der Waals surface area contributed by atoms with Gasteiger partial charge in [-0.2, -0.15) is 0 Å². The fourth-order valence-electron chi connectivity index (χ4n) is 3.15. The highest BCUT2D eigenvalue weighted by atomic mass is 16.5. The number of nitrogens with one attached hydrogen (secondary N) is 1. The Labute approximate surface area is 187 Å². The first-order chi connectivity index (χ1) is 15.5. The van der Waals surface area contributed by atoms with Gasteiger partial charge >= 0.3 is 0 Å². The second-order valence-corrected chi connectivity index (χ2v) is 6.85. The van der Waals surface area contributed by atoms with Gasteiger partial charge in [-0.1, -0.05) is 36.4 Å². The van der Waals surface area contributed by atoms with Crippen LogP contribution in [0.3, 0.4) is 0 Å². The Balaban J connectivity index is 1.72. The number of hydrogen-bond donors (Lipinski definition) is 2. The number of carbonyl (C=O) groups excluding carboxylic acids is 1. The molecule has 0 unspecified atom stereocenters. The summed E-state index contributed by atoms with van der Waals surface area (Å²) in [6.45, 7) is 0. The van der Waals surface area contributed by atoms with Crippen LogP contribution in [0.25, 0.3) is 12.2 Å². The van der Waals surface area contributed by atoms with E-state index in [4.69, 9.17) is 19.9 Å². The van der Waals surface area contributed by atoms with E-state index in [1.54, 1.807) is 51.8 Å². The molecule has 0 heterocycles. The first kappa shape index (κ1) is 22.5. The molecule has 164 valence electrons. The molecular formula is C26H26N2O4. The van der Waals surface area contributed by atoms with E-state index in [1.807, 2.05) is 48.6 Å². The van der Waals surface area contributed by atoms with Gasteiger partial charge in [0.25, 0.3) is 0 Å². The molecule has 0 amide bonds. The Morgan fingerprint density at radius 1 is 0.844 bits per heavy atom. The lowest BCUT2D eigenvalue weighted by molar-refractivity contribution is 0.104. The highest BCUT2D eigenvalue weighted by molar-refractivity contribution is 6.08. The number of rotatable bonds is 9. The van der Waals surface area contributed by atoms with E-state index in [9.17, 15) is 4.79 Å². The van der Waals surface area contributed by atoms with Crippen LogP contribution in [0.15, 0.2) is 72.9 Å². The smallest absolute Gasteiger partial charge is 0.203 e. The van der Waals surface area contributed by atoms with Crippen LogP contribution in [0.2, 0.25) is 0 Å². The van der Waals surface area contributed by atoms with Gasteiger partial charge in [0.2, 0.25) is 5.75 Å². The average molecular weight is 431 g/mol. The molecule has 3 aromatic carbocycles. The van der Waals surface area contributed by atoms with Crippen LogP contribution in [-0.4, -0.2) is 27.1 Å². The maximum atomic E-state index is 12.3. The summed E-state index contributed by atoms with van der Waals surface area (Å²) in [6, 6.07) is 18.6. The molecule has 0 atom stereocenters. The average Bonchev–Trinajstić information content (AvgIpc) is 2.82. The van der Waals surface area contributed by atoms with Gasteiger partial charge in [-0.3, -0.25) is 4.79 Å². The van der Waals surface area contributed by atoms with Gasteiger partial charge in [-0.25, -0.2) is 0 Å². The molecule has 0 fully saturated rings. The molecule has 0 aliphatic carbocycles. The molecular weight excluding hydrogens is 404 g/mol. The third-order valence-electron chi connectivity index (χ3n) is 4.75. The summed E-state index contributed by atoms with van der Waals surface area (Å²) >= 11 is 0. The summed E-state index contributed by atoms with van der Waals surface area (Å²) in [5.74, 6) is 1.58. The second-order valence-electron chi connectivity index (χ2n) is 6.85. The lowest BCUT2D eigenvalue weighted by atomic mass is 10.1. The van der Waals surface area contributed by atoms with Crippen molar-refractivity contribution in [3.63, 3.8) is 0 Å². The summed E-state index contributed by atoms with van der Waals surface area (Å²) in [4.78, 5) is 12.3. The minimum Gasteiger partial charge on any atom is -0.493 e. The number of nitrogens with two attached hydrogens (primary N) is 1. The fraction of sp³-hybridized carbons (Fsp3) is 0.115. The van der Waals surface area contributed by atoms with Crippen LogP contribution in [0.1, 0.15) is 21.5 Å². The fourth-order valence-corrected chi connectivity index (χ4v) is 3.15. The van der Waals surface area contributed by atoms with Crippen molar-refractivity contribution < 1.29 is 19.0 Å². The van der Waals surface area contributed by atoms with Crippen molar-refractivity contribution >= 4 is 29.3 Å². The number of methoxy groups -OCH3 is 3. The minimum atomic E-state index is -0.158.